The van der Waals surface area contributed by atoms with Gasteiger partial charge in [-0.05, 0) is 88.8 Å². The molecule has 226 valence electrons. The number of allylic oxidation sites excluding steroid dienone is 3. The van der Waals surface area contributed by atoms with E-state index in [1.807, 2.05) is 0 Å². The van der Waals surface area contributed by atoms with Crippen molar-refractivity contribution in [1.82, 2.24) is 4.57 Å². The molecule has 1 unspecified atom stereocenters. The van der Waals surface area contributed by atoms with Gasteiger partial charge in [-0.1, -0.05) is 123 Å². The number of rotatable bonds is 5. The van der Waals surface area contributed by atoms with Gasteiger partial charge < -0.3 is 9.47 Å². The lowest BCUT2D eigenvalue weighted by atomic mass is 9.82. The monoisotopic (exact) mass is 604 g/mol. The van der Waals surface area contributed by atoms with Crippen LogP contribution in [0, 0.1) is 0 Å². The van der Waals surface area contributed by atoms with E-state index in [0.717, 1.165) is 6.42 Å². The van der Waals surface area contributed by atoms with E-state index in [1.165, 1.54) is 72.4 Å². The van der Waals surface area contributed by atoms with E-state index >= 15 is 0 Å². The molecule has 2 nitrogen and oxygen atoms in total. The maximum absolute atomic E-state index is 2.43. The lowest BCUT2D eigenvalue weighted by molar-refractivity contribution is 0.660. The van der Waals surface area contributed by atoms with Crippen LogP contribution in [-0.4, -0.2) is 4.57 Å². The lowest BCUT2D eigenvalue weighted by Gasteiger charge is -2.30. The Labute approximate surface area is 276 Å². The van der Waals surface area contributed by atoms with Crippen LogP contribution >= 0.6 is 0 Å². The van der Waals surface area contributed by atoms with E-state index in [9.17, 15) is 0 Å². The van der Waals surface area contributed by atoms with Crippen LogP contribution in [0.5, 0.6) is 0 Å². The molecule has 6 aromatic carbocycles. The summed E-state index contributed by atoms with van der Waals surface area (Å²) in [5.41, 5.74) is 13.9. The maximum atomic E-state index is 2.43. The highest BCUT2D eigenvalue weighted by Crippen LogP contribution is 2.51. The molecule has 2 aliphatic carbocycles. The molecular formula is C45H36N2. The number of aromatic nitrogens is 1. The Balaban J connectivity index is 1.13. The van der Waals surface area contributed by atoms with Crippen LogP contribution in [0.2, 0.25) is 0 Å². The zero-order valence-corrected chi connectivity index (χ0v) is 26.8. The van der Waals surface area contributed by atoms with Gasteiger partial charge in [-0.25, -0.2) is 0 Å². The van der Waals surface area contributed by atoms with E-state index in [-0.39, 0.29) is 5.41 Å². The minimum Gasteiger partial charge on any atom is -0.311 e. The fraction of sp³-hybridized carbons (Fsp3) is 0.111. The molecule has 1 aromatic heterocycles. The van der Waals surface area contributed by atoms with Gasteiger partial charge in [0.1, 0.15) is 0 Å². The van der Waals surface area contributed by atoms with Gasteiger partial charge in [0.2, 0.25) is 0 Å². The van der Waals surface area contributed by atoms with Crippen molar-refractivity contribution in [2.75, 3.05) is 4.90 Å². The van der Waals surface area contributed by atoms with Crippen LogP contribution in [-0.2, 0) is 5.41 Å². The molecule has 0 bridgehead atoms. The fourth-order valence-corrected chi connectivity index (χ4v) is 7.94. The highest BCUT2D eigenvalue weighted by molar-refractivity contribution is 6.09. The molecule has 0 radical (unpaired) electrons. The Morgan fingerprint density at radius 1 is 0.596 bits per heavy atom. The van der Waals surface area contributed by atoms with E-state index in [2.05, 4.69) is 187 Å². The number of fused-ring (bicyclic) bond motifs is 6. The van der Waals surface area contributed by atoms with Crippen molar-refractivity contribution in [3.63, 3.8) is 0 Å². The van der Waals surface area contributed by atoms with Gasteiger partial charge in [-0.2, -0.15) is 0 Å². The van der Waals surface area contributed by atoms with Crippen LogP contribution in [0.3, 0.4) is 0 Å². The predicted octanol–water partition coefficient (Wildman–Crippen LogP) is 11.9. The SMILES string of the molecule is CC1(C)c2cc(N(C3=CCC(c4ccccc4)C=C3)c3ccccc3)ccc2-c2ccc(-n3c4ccccc4c4ccccc43)cc21. The predicted molar refractivity (Wildman–Crippen MR) is 198 cm³/mol. The van der Waals surface area contributed by atoms with E-state index < -0.39 is 0 Å². The molecule has 47 heavy (non-hydrogen) atoms. The molecule has 0 amide bonds. The first-order chi connectivity index (χ1) is 23.1. The van der Waals surface area contributed by atoms with Gasteiger partial charge in [0.15, 0.2) is 0 Å². The fourth-order valence-electron chi connectivity index (χ4n) is 7.94. The van der Waals surface area contributed by atoms with Crippen molar-refractivity contribution in [2.24, 2.45) is 0 Å². The molecule has 0 saturated carbocycles. The molecule has 1 heterocycles. The Morgan fingerprint density at radius 3 is 1.85 bits per heavy atom. The Bertz CT molecular complexity index is 2300. The summed E-state index contributed by atoms with van der Waals surface area (Å²) in [5, 5.41) is 2.58. The van der Waals surface area contributed by atoms with Crippen molar-refractivity contribution in [3.8, 4) is 16.8 Å². The van der Waals surface area contributed by atoms with Gasteiger partial charge in [0.25, 0.3) is 0 Å². The highest BCUT2D eigenvalue weighted by atomic mass is 15.1. The van der Waals surface area contributed by atoms with Crippen molar-refractivity contribution in [2.45, 2.75) is 31.6 Å². The van der Waals surface area contributed by atoms with Crippen LogP contribution < -0.4 is 4.90 Å². The first-order valence-corrected chi connectivity index (χ1v) is 16.6. The normalized spacial score (nSPS) is 16.2. The summed E-state index contributed by atoms with van der Waals surface area (Å²) in [4.78, 5) is 2.42. The third-order valence-corrected chi connectivity index (χ3v) is 10.3. The second-order valence-electron chi connectivity index (χ2n) is 13.4. The lowest BCUT2D eigenvalue weighted by Crippen LogP contribution is -2.19. The highest BCUT2D eigenvalue weighted by Gasteiger charge is 2.36. The first kappa shape index (κ1) is 27.7. The minimum atomic E-state index is -0.160. The Kier molecular flexibility index (Phi) is 6.33. The first-order valence-electron chi connectivity index (χ1n) is 16.6. The standard InChI is InChI=1S/C45H36N2/c1-45(2)41-29-35(46(33-15-7-4-8-16-33)34-23-21-32(22-24-34)31-13-5-3-6-14-31)25-27-37(41)38-28-26-36(30-42(38)45)47-43-19-11-9-17-39(43)40-18-10-12-20-44(40)47/h3-21,23-30,32H,22H2,1-2H3. The summed E-state index contributed by atoms with van der Waals surface area (Å²) in [7, 11) is 0. The molecule has 0 fully saturated rings. The second-order valence-corrected chi connectivity index (χ2v) is 13.4. The zero-order chi connectivity index (χ0) is 31.5. The summed E-state index contributed by atoms with van der Waals surface area (Å²) in [5.74, 6) is 0.398. The minimum absolute atomic E-state index is 0.160. The van der Waals surface area contributed by atoms with Gasteiger partial charge in [-0.15, -0.1) is 0 Å². The van der Waals surface area contributed by atoms with Crippen molar-refractivity contribution >= 4 is 33.2 Å². The van der Waals surface area contributed by atoms with Crippen molar-refractivity contribution in [1.29, 1.82) is 0 Å². The molecule has 1 atom stereocenters. The average molecular weight is 605 g/mol. The molecule has 0 aliphatic heterocycles. The number of hydrogen-bond acceptors (Lipinski definition) is 1. The maximum Gasteiger partial charge on any atom is 0.0541 e. The molecule has 0 spiro atoms. The average Bonchev–Trinajstić information content (AvgIpc) is 3.58. The zero-order valence-electron chi connectivity index (χ0n) is 26.8. The molecule has 0 saturated heterocycles. The second kappa shape index (κ2) is 10.7. The molecular weight excluding hydrogens is 569 g/mol. The summed E-state index contributed by atoms with van der Waals surface area (Å²) >= 11 is 0. The van der Waals surface area contributed by atoms with E-state index in [4.69, 9.17) is 0 Å². The number of anilines is 2. The smallest absolute Gasteiger partial charge is 0.0541 e. The van der Waals surface area contributed by atoms with Crippen molar-refractivity contribution < 1.29 is 0 Å². The summed E-state index contributed by atoms with van der Waals surface area (Å²) < 4.78 is 2.43. The molecule has 2 heteroatoms. The molecule has 2 aliphatic rings. The Hall–Kier alpha value is -5.60. The third-order valence-electron chi connectivity index (χ3n) is 10.3. The van der Waals surface area contributed by atoms with Gasteiger partial charge in [0.05, 0.1) is 11.0 Å². The molecule has 7 aromatic rings. The van der Waals surface area contributed by atoms with Crippen LogP contribution in [0.4, 0.5) is 11.4 Å². The summed E-state index contributed by atoms with van der Waals surface area (Å²) in [6.45, 7) is 4.77. The quantitative estimate of drug-likeness (QED) is 0.190. The number of para-hydroxylation sites is 3. The van der Waals surface area contributed by atoms with Crippen LogP contribution in [0.15, 0.2) is 170 Å². The van der Waals surface area contributed by atoms with Gasteiger partial charge >= 0.3 is 0 Å². The number of nitrogens with zero attached hydrogens (tertiary/aromatic N) is 2. The van der Waals surface area contributed by atoms with E-state index in [0.29, 0.717) is 5.92 Å². The molecule has 0 N–H and O–H groups in total. The number of benzene rings is 6. The summed E-state index contributed by atoms with van der Waals surface area (Å²) in [6, 6.07) is 53.3. The van der Waals surface area contributed by atoms with E-state index in [1.54, 1.807) is 0 Å². The number of hydrogen-bond donors (Lipinski definition) is 0. The Morgan fingerprint density at radius 2 is 1.19 bits per heavy atom. The largest absolute Gasteiger partial charge is 0.311 e. The van der Waals surface area contributed by atoms with Crippen LogP contribution in [0.25, 0.3) is 38.6 Å². The van der Waals surface area contributed by atoms with Gasteiger partial charge in [-0.3, -0.25) is 0 Å². The topological polar surface area (TPSA) is 8.17 Å². The van der Waals surface area contributed by atoms with Crippen LogP contribution in [0.1, 0.15) is 42.9 Å². The summed E-state index contributed by atoms with van der Waals surface area (Å²) in [6.07, 6.45) is 8.05. The van der Waals surface area contributed by atoms with Crippen molar-refractivity contribution in [3.05, 3.63) is 186 Å². The van der Waals surface area contributed by atoms with Gasteiger partial charge in [0, 0.05) is 44.9 Å². The third kappa shape index (κ3) is 4.40. The molecule has 9 rings (SSSR count).